The Morgan fingerprint density at radius 3 is 1.52 bits per heavy atom. The molecule has 0 saturated carbocycles. The van der Waals surface area contributed by atoms with Crippen LogP contribution in [0.15, 0.2) is 78.9 Å². The van der Waals surface area contributed by atoms with Crippen molar-refractivity contribution in [1.82, 2.24) is 9.55 Å². The SMILES string of the molecule is [B]c1c([B])c(O)c(O)c(-c2nc3ccccc3n2-c2ccc(-c3c4c([B])c(O)c(O)c(O)c4c(-c4ccccc4)c4c(O)c([B])c([B])c(O)c34)cc2)c1[B]. The number of phenols is 7. The molecule has 0 spiro atoms. The number of phenolic OH excluding ortho intramolecular Hbond substituents is 7. The van der Waals surface area contributed by atoms with E-state index in [0.29, 0.717) is 27.8 Å². The van der Waals surface area contributed by atoms with Crippen molar-refractivity contribution >= 4 is 112 Å². The van der Waals surface area contributed by atoms with Gasteiger partial charge in [-0.2, -0.15) is 0 Å². The van der Waals surface area contributed by atoms with Gasteiger partial charge in [-0.25, -0.2) is 4.98 Å². The standard InChI is InChI=1S/C39H20B6N2O7/c40-26-25(35(51)37(53)29(43)28(26)42)39-46-17-8-4-5-9-18(17)47(39)16-12-10-15(11-13-16)19-21-22(34(50)38(54)36(52)27(21)41)20(14-6-2-1-3-7-14)24-23(19)32(48)30(44)31(45)33(24)49/h1-13,48-54H. The second-order valence-corrected chi connectivity index (χ2v) is 12.7. The predicted octanol–water partition coefficient (Wildman–Crippen LogP) is 1.03. The van der Waals surface area contributed by atoms with E-state index in [4.69, 9.17) is 52.1 Å². The van der Waals surface area contributed by atoms with Crippen LogP contribution in [0.4, 0.5) is 0 Å². The molecule has 54 heavy (non-hydrogen) atoms. The quantitative estimate of drug-likeness (QED) is 0.0624. The topological polar surface area (TPSA) is 159 Å². The van der Waals surface area contributed by atoms with Crippen LogP contribution in [0.1, 0.15) is 0 Å². The highest BCUT2D eigenvalue weighted by atomic mass is 16.3. The Balaban J connectivity index is 1.49. The highest BCUT2D eigenvalue weighted by molar-refractivity contribution is 6.60. The zero-order valence-corrected chi connectivity index (χ0v) is 28.0. The van der Waals surface area contributed by atoms with Crippen molar-refractivity contribution in [2.75, 3.05) is 0 Å². The van der Waals surface area contributed by atoms with Gasteiger partial charge in [0, 0.05) is 33.0 Å². The van der Waals surface area contributed by atoms with Crippen molar-refractivity contribution < 1.29 is 35.7 Å². The molecule has 0 unspecified atom stereocenters. The largest absolute Gasteiger partial charge is 0.508 e. The minimum Gasteiger partial charge on any atom is -0.508 e. The zero-order valence-electron chi connectivity index (χ0n) is 28.0. The van der Waals surface area contributed by atoms with Crippen LogP contribution in [-0.2, 0) is 0 Å². The molecule has 7 N–H and O–H groups in total. The van der Waals surface area contributed by atoms with Gasteiger partial charge in [0.05, 0.1) is 16.6 Å². The molecule has 1 aromatic heterocycles. The molecule has 1 heterocycles. The smallest absolute Gasteiger partial charge is 0.200 e. The van der Waals surface area contributed by atoms with Crippen molar-refractivity contribution in [2.24, 2.45) is 0 Å². The van der Waals surface area contributed by atoms with Crippen LogP contribution in [0, 0.1) is 0 Å². The molecule has 8 rings (SSSR count). The Hall–Kier alpha value is -6.48. The van der Waals surface area contributed by atoms with Gasteiger partial charge in [0.25, 0.3) is 0 Å². The third-order valence-corrected chi connectivity index (χ3v) is 9.81. The molecule has 0 amide bonds. The molecule has 0 aliphatic carbocycles. The van der Waals surface area contributed by atoms with E-state index in [9.17, 15) is 35.7 Å². The van der Waals surface area contributed by atoms with Crippen LogP contribution < -0.4 is 32.8 Å². The lowest BCUT2D eigenvalue weighted by molar-refractivity contribution is 0.373. The van der Waals surface area contributed by atoms with Gasteiger partial charge in [-0.1, -0.05) is 76.4 Å². The molecule has 0 aliphatic heterocycles. The van der Waals surface area contributed by atoms with Gasteiger partial charge in [-0.3, -0.25) is 4.57 Å². The first kappa shape index (κ1) is 34.6. The lowest BCUT2D eigenvalue weighted by Crippen LogP contribution is -2.40. The summed E-state index contributed by atoms with van der Waals surface area (Å²) in [5.41, 5.74) is 0.951. The summed E-state index contributed by atoms with van der Waals surface area (Å²) in [6.07, 6.45) is 0. The second-order valence-electron chi connectivity index (χ2n) is 12.7. The lowest BCUT2D eigenvalue weighted by atomic mass is 9.69. The van der Waals surface area contributed by atoms with Crippen molar-refractivity contribution in [1.29, 1.82) is 0 Å². The zero-order chi connectivity index (χ0) is 38.5. The van der Waals surface area contributed by atoms with Gasteiger partial charge in [0.2, 0.25) is 0 Å². The fourth-order valence-corrected chi connectivity index (χ4v) is 7.15. The van der Waals surface area contributed by atoms with E-state index in [1.165, 1.54) is 0 Å². The molecule has 9 nitrogen and oxygen atoms in total. The van der Waals surface area contributed by atoms with Crippen LogP contribution in [0.3, 0.4) is 0 Å². The summed E-state index contributed by atoms with van der Waals surface area (Å²) >= 11 is 0. The summed E-state index contributed by atoms with van der Waals surface area (Å²) in [6.45, 7) is 0. The highest BCUT2D eigenvalue weighted by Gasteiger charge is 2.30. The first-order valence-corrected chi connectivity index (χ1v) is 16.2. The average molecular weight is 693 g/mol. The maximum Gasteiger partial charge on any atom is 0.200 e. The third-order valence-electron chi connectivity index (χ3n) is 9.81. The third kappa shape index (κ3) is 4.70. The van der Waals surface area contributed by atoms with Crippen LogP contribution in [0.25, 0.3) is 71.9 Å². The van der Waals surface area contributed by atoms with E-state index in [1.54, 1.807) is 83.4 Å². The summed E-state index contributed by atoms with van der Waals surface area (Å²) in [5.74, 6) is -4.67. The van der Waals surface area contributed by atoms with Gasteiger partial charge in [-0.05, 0) is 46.2 Å². The summed E-state index contributed by atoms with van der Waals surface area (Å²) in [6, 6.07) is 22.2. The molecule has 246 valence electrons. The number of benzene rings is 7. The number of rotatable bonds is 4. The second kappa shape index (κ2) is 12.3. The highest BCUT2D eigenvalue weighted by Crippen LogP contribution is 2.53. The van der Waals surface area contributed by atoms with Crippen LogP contribution >= 0.6 is 0 Å². The molecule has 0 atom stereocenters. The first-order chi connectivity index (χ1) is 25.8. The number of hydrogen-bond donors (Lipinski definition) is 7. The van der Waals surface area contributed by atoms with E-state index in [1.807, 2.05) is 0 Å². The molecule has 12 radical (unpaired) electrons. The molecule has 0 saturated heterocycles. The molecule has 0 aliphatic rings. The number of aromatic nitrogens is 2. The van der Waals surface area contributed by atoms with E-state index in [2.05, 4.69) is 0 Å². The number of fused-ring (bicyclic) bond motifs is 3. The molecule has 15 heteroatoms. The van der Waals surface area contributed by atoms with Crippen LogP contribution in [-0.4, -0.2) is 92.4 Å². The Morgan fingerprint density at radius 2 is 0.889 bits per heavy atom. The predicted molar refractivity (Wildman–Crippen MR) is 216 cm³/mol. The Bertz CT molecular complexity index is 2810. The van der Waals surface area contributed by atoms with Crippen LogP contribution in [0.2, 0.25) is 0 Å². The fraction of sp³-hybridized carbons (Fsp3) is 0. The number of aromatic hydroxyl groups is 7. The Kier molecular flexibility index (Phi) is 7.88. The number of hydrogen-bond acceptors (Lipinski definition) is 8. The molecular formula is C39H20B6N2O7. The van der Waals surface area contributed by atoms with Gasteiger partial charge in [-0.15, -0.1) is 5.46 Å². The maximum absolute atomic E-state index is 11.7. The van der Waals surface area contributed by atoms with Crippen molar-refractivity contribution in [3.05, 3.63) is 78.9 Å². The number of para-hydroxylation sites is 2. The minimum atomic E-state index is -0.902. The number of nitrogens with zero attached hydrogens (tertiary/aromatic N) is 2. The summed E-state index contributed by atoms with van der Waals surface area (Å²) in [7, 11) is 37.3. The molecule has 0 bridgehead atoms. The van der Waals surface area contributed by atoms with E-state index >= 15 is 0 Å². The maximum atomic E-state index is 11.7. The summed E-state index contributed by atoms with van der Waals surface area (Å²) in [4.78, 5) is 4.71. The van der Waals surface area contributed by atoms with Gasteiger partial charge < -0.3 is 35.7 Å². The summed E-state index contributed by atoms with van der Waals surface area (Å²) in [5, 5.41) is 78.2. The Morgan fingerprint density at radius 1 is 0.389 bits per heavy atom. The Labute approximate surface area is 315 Å². The van der Waals surface area contributed by atoms with Crippen molar-refractivity contribution in [3.63, 3.8) is 0 Å². The van der Waals surface area contributed by atoms with Crippen molar-refractivity contribution in [3.8, 4) is 79.6 Å². The van der Waals surface area contributed by atoms with Crippen LogP contribution in [0.5, 0.6) is 40.2 Å². The molecule has 0 fully saturated rings. The van der Waals surface area contributed by atoms with Crippen molar-refractivity contribution in [2.45, 2.75) is 0 Å². The van der Waals surface area contributed by atoms with Gasteiger partial charge >= 0.3 is 0 Å². The van der Waals surface area contributed by atoms with E-state index in [0.717, 1.165) is 0 Å². The van der Waals surface area contributed by atoms with Gasteiger partial charge in [0.1, 0.15) is 70.2 Å². The first-order valence-electron chi connectivity index (χ1n) is 16.2. The average Bonchev–Trinajstić information content (AvgIpc) is 3.57. The normalized spacial score (nSPS) is 11.6. The number of imidazole rings is 1. The van der Waals surface area contributed by atoms with E-state index in [-0.39, 0.29) is 76.8 Å². The monoisotopic (exact) mass is 694 g/mol. The summed E-state index contributed by atoms with van der Waals surface area (Å²) < 4.78 is 1.67. The van der Waals surface area contributed by atoms with E-state index < -0.39 is 40.2 Å². The molecule has 7 aromatic carbocycles. The van der Waals surface area contributed by atoms with Gasteiger partial charge in [0.15, 0.2) is 23.0 Å². The fourth-order valence-electron chi connectivity index (χ4n) is 7.15. The molecule has 8 aromatic rings. The lowest BCUT2D eigenvalue weighted by Gasteiger charge is -2.24. The minimum absolute atomic E-state index is 0.0139. The molecular weight excluding hydrogens is 673 g/mol.